The molecule has 1 aliphatic rings. The Balaban J connectivity index is 1.71. The average Bonchev–Trinajstić information content (AvgIpc) is 3.20. The minimum Gasteiger partial charge on any atom is -0.354 e. The second-order valence-corrected chi connectivity index (χ2v) is 6.93. The van der Waals surface area contributed by atoms with Gasteiger partial charge >= 0.3 is 0 Å². The fraction of sp³-hybridized carbons (Fsp3) is 0.450. The van der Waals surface area contributed by atoms with E-state index in [0.29, 0.717) is 31.9 Å². The molecule has 1 aliphatic heterocycles. The van der Waals surface area contributed by atoms with E-state index in [9.17, 15) is 9.59 Å². The number of carbonyl (C=O) groups excluding carboxylic acids is 2. The van der Waals surface area contributed by atoms with Crippen LogP contribution in [-0.4, -0.2) is 60.7 Å². The maximum absolute atomic E-state index is 12.8. The number of nitrogens with two attached hydrogens (primary N) is 1. The highest BCUT2D eigenvalue weighted by Crippen LogP contribution is 2.20. The molecule has 1 aromatic heterocycles. The number of aromatic nitrogens is 2. The average molecular weight is 401 g/mol. The molecule has 3 rings (SSSR count). The molecule has 1 aromatic carbocycles. The largest absolute Gasteiger partial charge is 0.354 e. The van der Waals surface area contributed by atoms with E-state index in [1.165, 1.54) is 13.1 Å². The fourth-order valence-corrected chi connectivity index (χ4v) is 3.09. The molecule has 0 bridgehead atoms. The minimum absolute atomic E-state index is 0.113. The van der Waals surface area contributed by atoms with E-state index in [1.807, 2.05) is 37.3 Å². The predicted molar refractivity (Wildman–Crippen MR) is 106 cm³/mol. The molecule has 29 heavy (non-hydrogen) atoms. The molecule has 0 saturated carbocycles. The lowest BCUT2D eigenvalue weighted by atomic mass is 10.1. The first-order chi connectivity index (χ1) is 14.0. The van der Waals surface area contributed by atoms with Gasteiger partial charge in [-0.2, -0.15) is 5.10 Å². The van der Waals surface area contributed by atoms with Crippen molar-refractivity contribution in [3.63, 3.8) is 0 Å². The molecule has 2 amide bonds. The lowest BCUT2D eigenvalue weighted by molar-refractivity contribution is -0.186. The highest BCUT2D eigenvalue weighted by atomic mass is 16.7. The van der Waals surface area contributed by atoms with E-state index in [4.69, 9.17) is 15.2 Å². The van der Waals surface area contributed by atoms with Crippen LogP contribution in [0.2, 0.25) is 0 Å². The summed E-state index contributed by atoms with van der Waals surface area (Å²) in [6, 6.07) is 10.8. The predicted octanol–water partition coefficient (Wildman–Crippen LogP) is 0.672. The van der Waals surface area contributed by atoms with Crippen LogP contribution in [-0.2, 0) is 9.47 Å². The summed E-state index contributed by atoms with van der Waals surface area (Å²) < 4.78 is 12.5. The Bertz CT molecular complexity index is 831. The maximum atomic E-state index is 12.8. The number of nitrogens with one attached hydrogen (secondary N) is 2. The fourth-order valence-electron chi connectivity index (χ4n) is 3.09. The van der Waals surface area contributed by atoms with Crippen molar-refractivity contribution in [1.29, 1.82) is 0 Å². The van der Waals surface area contributed by atoms with E-state index < -0.39 is 0 Å². The topological polar surface area (TPSA) is 121 Å². The quantitative estimate of drug-likeness (QED) is 0.627. The van der Waals surface area contributed by atoms with E-state index in [2.05, 4.69) is 15.7 Å². The first-order valence-corrected chi connectivity index (χ1v) is 9.63. The molecule has 2 aromatic rings. The Hall–Kier alpha value is -2.75. The van der Waals surface area contributed by atoms with Crippen molar-refractivity contribution in [2.24, 2.45) is 5.73 Å². The molecule has 0 spiro atoms. The summed E-state index contributed by atoms with van der Waals surface area (Å²) in [5.74, 6) is -0.665. The Morgan fingerprint density at radius 3 is 2.59 bits per heavy atom. The Kier molecular flexibility index (Phi) is 6.97. The zero-order valence-corrected chi connectivity index (χ0v) is 16.6. The van der Waals surface area contributed by atoms with Crippen LogP contribution in [0, 0.1) is 0 Å². The van der Waals surface area contributed by atoms with Gasteiger partial charge < -0.3 is 25.8 Å². The van der Waals surface area contributed by atoms with E-state index in [0.717, 1.165) is 5.56 Å². The third-order valence-corrected chi connectivity index (χ3v) is 4.73. The van der Waals surface area contributed by atoms with Gasteiger partial charge in [-0.3, -0.25) is 14.3 Å². The van der Waals surface area contributed by atoms with E-state index in [-0.39, 0.29) is 35.9 Å². The summed E-state index contributed by atoms with van der Waals surface area (Å²) in [6.07, 6.45) is 0.119. The SMILES string of the molecule is CNC(=O)c1cc(C(=O)NCCC2OCC(N)CO2)n([C@@H](C)c2ccccc2)n1. The second-order valence-electron chi connectivity index (χ2n) is 6.93. The van der Waals surface area contributed by atoms with Crippen molar-refractivity contribution in [3.05, 3.63) is 53.3 Å². The second kappa shape index (κ2) is 9.64. The van der Waals surface area contributed by atoms with Crippen molar-refractivity contribution >= 4 is 11.8 Å². The summed E-state index contributed by atoms with van der Waals surface area (Å²) in [5.41, 5.74) is 7.20. The molecule has 4 N–H and O–H groups in total. The van der Waals surface area contributed by atoms with Gasteiger partial charge in [0.05, 0.1) is 25.3 Å². The minimum atomic E-state index is -0.385. The number of hydrogen-bond acceptors (Lipinski definition) is 6. The van der Waals surface area contributed by atoms with Gasteiger partial charge in [-0.05, 0) is 12.5 Å². The number of nitrogens with zero attached hydrogens (tertiary/aromatic N) is 2. The van der Waals surface area contributed by atoms with E-state index >= 15 is 0 Å². The molecule has 0 unspecified atom stereocenters. The molecule has 1 atom stereocenters. The molecule has 2 heterocycles. The molecular formula is C20H27N5O4. The van der Waals surface area contributed by atoms with Crippen LogP contribution in [0.15, 0.2) is 36.4 Å². The Morgan fingerprint density at radius 2 is 1.93 bits per heavy atom. The van der Waals surface area contributed by atoms with Gasteiger partial charge in [0.1, 0.15) is 5.69 Å². The third-order valence-electron chi connectivity index (χ3n) is 4.73. The first-order valence-electron chi connectivity index (χ1n) is 9.63. The van der Waals surface area contributed by atoms with Crippen LogP contribution >= 0.6 is 0 Å². The van der Waals surface area contributed by atoms with Gasteiger partial charge in [0, 0.05) is 26.1 Å². The first kappa shape index (κ1) is 21.0. The number of ether oxygens (including phenoxy) is 2. The van der Waals surface area contributed by atoms with Crippen LogP contribution in [0.25, 0.3) is 0 Å². The Morgan fingerprint density at radius 1 is 1.24 bits per heavy atom. The normalized spacial score (nSPS) is 20.1. The highest BCUT2D eigenvalue weighted by molar-refractivity contribution is 5.97. The summed E-state index contributed by atoms with van der Waals surface area (Å²) in [4.78, 5) is 24.9. The summed E-state index contributed by atoms with van der Waals surface area (Å²) in [6.45, 7) is 3.17. The summed E-state index contributed by atoms with van der Waals surface area (Å²) >= 11 is 0. The monoisotopic (exact) mass is 401 g/mol. The number of benzene rings is 1. The molecule has 0 radical (unpaired) electrons. The van der Waals surface area contributed by atoms with Gasteiger partial charge in [0.2, 0.25) is 0 Å². The number of amides is 2. The van der Waals surface area contributed by atoms with E-state index in [1.54, 1.807) is 4.68 Å². The molecular weight excluding hydrogens is 374 g/mol. The van der Waals surface area contributed by atoms with Crippen LogP contribution in [0.1, 0.15) is 45.9 Å². The highest BCUT2D eigenvalue weighted by Gasteiger charge is 2.23. The standard InChI is InChI=1S/C20H27N5O4/c1-13(14-6-4-3-5-7-14)25-17(10-16(24-25)19(26)22-2)20(27)23-9-8-18-28-11-15(21)12-29-18/h3-7,10,13,15,18H,8-9,11-12,21H2,1-2H3,(H,22,26)(H,23,27)/t13-,15?,18?/m0/s1. The zero-order chi connectivity index (χ0) is 20.8. The van der Waals surface area contributed by atoms with Crippen LogP contribution in [0.3, 0.4) is 0 Å². The number of hydrogen-bond donors (Lipinski definition) is 3. The van der Waals surface area contributed by atoms with Crippen molar-refractivity contribution in [1.82, 2.24) is 20.4 Å². The lowest BCUT2D eigenvalue weighted by Crippen LogP contribution is -2.42. The lowest BCUT2D eigenvalue weighted by Gasteiger charge is -2.27. The molecule has 9 nitrogen and oxygen atoms in total. The van der Waals surface area contributed by atoms with Crippen molar-refractivity contribution < 1.29 is 19.1 Å². The summed E-state index contributed by atoms with van der Waals surface area (Å²) in [5, 5.41) is 9.76. The van der Waals surface area contributed by atoms with Gasteiger partial charge in [0.25, 0.3) is 11.8 Å². The van der Waals surface area contributed by atoms with Gasteiger partial charge in [-0.1, -0.05) is 30.3 Å². The maximum Gasteiger partial charge on any atom is 0.271 e. The van der Waals surface area contributed by atoms with Crippen molar-refractivity contribution in [3.8, 4) is 0 Å². The summed E-state index contributed by atoms with van der Waals surface area (Å²) in [7, 11) is 1.53. The number of rotatable bonds is 7. The molecule has 1 saturated heterocycles. The molecule has 156 valence electrons. The van der Waals surface area contributed by atoms with Crippen LogP contribution < -0.4 is 16.4 Å². The molecule has 9 heteroatoms. The number of carbonyl (C=O) groups is 2. The molecule has 0 aliphatic carbocycles. The third kappa shape index (κ3) is 5.20. The zero-order valence-electron chi connectivity index (χ0n) is 16.6. The Labute approximate surface area is 169 Å². The van der Waals surface area contributed by atoms with Crippen LogP contribution in [0.4, 0.5) is 0 Å². The van der Waals surface area contributed by atoms with Crippen molar-refractivity contribution in [2.45, 2.75) is 31.7 Å². The van der Waals surface area contributed by atoms with Crippen molar-refractivity contribution in [2.75, 3.05) is 26.8 Å². The van der Waals surface area contributed by atoms with Gasteiger partial charge in [-0.15, -0.1) is 0 Å². The molecule has 1 fully saturated rings. The smallest absolute Gasteiger partial charge is 0.271 e. The van der Waals surface area contributed by atoms with Gasteiger partial charge in [0.15, 0.2) is 12.0 Å². The van der Waals surface area contributed by atoms with Crippen LogP contribution in [0.5, 0.6) is 0 Å². The van der Waals surface area contributed by atoms with Gasteiger partial charge in [-0.25, -0.2) is 0 Å².